The van der Waals surface area contributed by atoms with E-state index in [2.05, 4.69) is 10.4 Å². The van der Waals surface area contributed by atoms with Gasteiger partial charge < -0.3 is 5.32 Å². The number of rotatable bonds is 5. The summed E-state index contributed by atoms with van der Waals surface area (Å²) >= 11 is 0. The van der Waals surface area contributed by atoms with Crippen LogP contribution in [0.5, 0.6) is 0 Å². The molecule has 0 spiro atoms. The molecule has 144 valence electrons. The Morgan fingerprint density at radius 3 is 2.15 bits per heavy atom. The third kappa shape index (κ3) is 3.01. The Balaban J connectivity index is 1.50. The van der Waals surface area contributed by atoms with Gasteiger partial charge in [-0.1, -0.05) is 0 Å². The largest absolute Gasteiger partial charge is 0.351 e. The van der Waals surface area contributed by atoms with Gasteiger partial charge in [-0.3, -0.25) is 9.48 Å². The van der Waals surface area contributed by atoms with Crippen molar-refractivity contribution >= 4 is 5.91 Å². The molecule has 1 heterocycles. The summed E-state index contributed by atoms with van der Waals surface area (Å²) in [5.41, 5.74) is -1.37. The lowest BCUT2D eigenvalue weighted by Crippen LogP contribution is -2.56. The summed E-state index contributed by atoms with van der Waals surface area (Å²) in [7, 11) is 0. The number of nitrogens with one attached hydrogen (secondary N) is 1. The standard InChI is InChI=1S/C18H23F4N3O/c1-8(25-14(17(21)22)7-13(24-25)16(19)20)18(26)23-15-11-3-9-2-10(5-11)6-12(15)4-9/h7-12,15-17H,2-6H2,1H3,(H,23,26). The topological polar surface area (TPSA) is 46.9 Å². The Hall–Kier alpha value is -1.60. The average molecular weight is 373 g/mol. The first-order valence-electron chi connectivity index (χ1n) is 9.29. The Morgan fingerprint density at radius 2 is 1.65 bits per heavy atom. The van der Waals surface area contributed by atoms with E-state index in [9.17, 15) is 22.4 Å². The van der Waals surface area contributed by atoms with Crippen molar-refractivity contribution in [2.75, 3.05) is 0 Å². The minimum absolute atomic E-state index is 0.0675. The molecule has 0 aromatic carbocycles. The Kier molecular flexibility index (Phi) is 4.47. The highest BCUT2D eigenvalue weighted by atomic mass is 19.3. The predicted octanol–water partition coefficient (Wildman–Crippen LogP) is 4.26. The zero-order chi connectivity index (χ0) is 18.6. The molecule has 1 aromatic heterocycles. The number of nitrogens with zero attached hydrogens (tertiary/aromatic N) is 2. The second kappa shape index (κ2) is 6.53. The van der Waals surface area contributed by atoms with Gasteiger partial charge in [0.1, 0.15) is 17.4 Å². The summed E-state index contributed by atoms with van der Waals surface area (Å²) in [4.78, 5) is 12.7. The van der Waals surface area contributed by atoms with Crippen LogP contribution >= 0.6 is 0 Å². The van der Waals surface area contributed by atoms with Crippen LogP contribution < -0.4 is 5.32 Å². The molecule has 0 saturated heterocycles. The van der Waals surface area contributed by atoms with Crippen LogP contribution in [0.1, 0.15) is 69.3 Å². The highest BCUT2D eigenvalue weighted by molar-refractivity contribution is 5.80. The molecule has 1 amide bonds. The second-order valence-electron chi connectivity index (χ2n) is 8.18. The summed E-state index contributed by atoms with van der Waals surface area (Å²) in [6, 6.07) is -0.302. The zero-order valence-corrected chi connectivity index (χ0v) is 14.5. The lowest BCUT2D eigenvalue weighted by molar-refractivity contribution is -0.128. The third-order valence-corrected chi connectivity index (χ3v) is 6.51. The van der Waals surface area contributed by atoms with E-state index in [-0.39, 0.29) is 6.04 Å². The minimum Gasteiger partial charge on any atom is -0.351 e. The lowest BCUT2D eigenvalue weighted by Gasteiger charge is -2.54. The number of alkyl halides is 4. The molecule has 4 aliphatic carbocycles. The SMILES string of the molecule is CC(C(=O)NC1C2CC3CC(C2)CC1C3)n1nc(C(F)F)cc1C(F)F. The number of amides is 1. The maximum Gasteiger partial charge on any atom is 0.282 e. The van der Waals surface area contributed by atoms with E-state index in [1.165, 1.54) is 13.3 Å². The quantitative estimate of drug-likeness (QED) is 0.784. The predicted molar refractivity (Wildman–Crippen MR) is 85.8 cm³/mol. The molecule has 1 unspecified atom stereocenters. The van der Waals surface area contributed by atoms with Crippen LogP contribution in [0, 0.1) is 23.7 Å². The highest BCUT2D eigenvalue weighted by Gasteiger charge is 2.48. The number of carbonyl (C=O) groups is 1. The molecule has 0 aliphatic heterocycles. The van der Waals surface area contributed by atoms with E-state index in [0.717, 1.165) is 42.2 Å². The zero-order valence-electron chi connectivity index (χ0n) is 14.5. The lowest BCUT2D eigenvalue weighted by atomic mass is 9.54. The van der Waals surface area contributed by atoms with E-state index in [4.69, 9.17) is 0 Å². The third-order valence-electron chi connectivity index (χ3n) is 6.51. The molecule has 4 bridgehead atoms. The molecule has 1 atom stereocenters. The molecular weight excluding hydrogens is 350 g/mol. The fourth-order valence-corrected chi connectivity index (χ4v) is 5.57. The first-order valence-corrected chi connectivity index (χ1v) is 9.29. The van der Waals surface area contributed by atoms with Gasteiger partial charge in [-0.2, -0.15) is 5.10 Å². The maximum atomic E-state index is 13.2. The minimum atomic E-state index is -2.97. The number of hydrogen-bond acceptors (Lipinski definition) is 2. The van der Waals surface area contributed by atoms with Gasteiger partial charge in [0.05, 0.1) is 0 Å². The van der Waals surface area contributed by atoms with Gasteiger partial charge in [0.15, 0.2) is 0 Å². The van der Waals surface area contributed by atoms with Crippen LogP contribution in [0.15, 0.2) is 6.07 Å². The fourth-order valence-electron chi connectivity index (χ4n) is 5.57. The van der Waals surface area contributed by atoms with Crippen LogP contribution in [-0.2, 0) is 4.79 Å². The van der Waals surface area contributed by atoms with Crippen molar-refractivity contribution in [2.45, 2.75) is 64.0 Å². The number of aromatic nitrogens is 2. The molecule has 4 saturated carbocycles. The van der Waals surface area contributed by atoms with Crippen molar-refractivity contribution < 1.29 is 22.4 Å². The van der Waals surface area contributed by atoms with Crippen molar-refractivity contribution in [1.29, 1.82) is 0 Å². The average Bonchev–Trinajstić information content (AvgIpc) is 3.02. The van der Waals surface area contributed by atoms with E-state index < -0.39 is 36.2 Å². The van der Waals surface area contributed by atoms with Gasteiger partial charge in [-0.15, -0.1) is 0 Å². The second-order valence-corrected chi connectivity index (χ2v) is 8.18. The molecule has 8 heteroatoms. The number of halogens is 4. The van der Waals surface area contributed by atoms with E-state index in [1.807, 2.05) is 0 Å². The molecule has 0 radical (unpaired) electrons. The van der Waals surface area contributed by atoms with Gasteiger partial charge in [-0.05, 0) is 68.8 Å². The summed E-state index contributed by atoms with van der Waals surface area (Å²) in [6.07, 6.45) is -0.152. The first-order chi connectivity index (χ1) is 12.3. The van der Waals surface area contributed by atoms with Gasteiger partial charge in [0, 0.05) is 6.04 Å². The molecule has 5 rings (SSSR count). The van der Waals surface area contributed by atoms with Crippen molar-refractivity contribution in [2.24, 2.45) is 23.7 Å². The summed E-state index contributed by atoms with van der Waals surface area (Å²) < 4.78 is 52.8. The van der Waals surface area contributed by atoms with Gasteiger partial charge in [-0.25, -0.2) is 17.6 Å². The normalized spacial score (nSPS) is 33.9. The summed E-state index contributed by atoms with van der Waals surface area (Å²) in [5, 5.41) is 6.59. The molecule has 1 N–H and O–H groups in total. The van der Waals surface area contributed by atoms with Crippen molar-refractivity contribution in [3.05, 3.63) is 17.5 Å². The van der Waals surface area contributed by atoms with Crippen LogP contribution in [-0.4, -0.2) is 21.7 Å². The maximum absolute atomic E-state index is 13.2. The van der Waals surface area contributed by atoms with E-state index in [1.54, 1.807) is 0 Å². The van der Waals surface area contributed by atoms with Crippen molar-refractivity contribution in [3.8, 4) is 0 Å². The van der Waals surface area contributed by atoms with Gasteiger partial charge >= 0.3 is 0 Å². The van der Waals surface area contributed by atoms with Gasteiger partial charge in [0.2, 0.25) is 5.91 Å². The first kappa shape index (κ1) is 17.8. The fraction of sp³-hybridized carbons (Fsp3) is 0.778. The Labute approximate surface area is 149 Å². The molecular formula is C18H23F4N3O. The molecule has 1 aromatic rings. The van der Waals surface area contributed by atoms with Crippen molar-refractivity contribution in [1.82, 2.24) is 15.1 Å². The monoisotopic (exact) mass is 373 g/mol. The number of hydrogen-bond donors (Lipinski definition) is 1. The highest BCUT2D eigenvalue weighted by Crippen LogP contribution is 2.53. The molecule has 4 nitrogen and oxygen atoms in total. The van der Waals surface area contributed by atoms with Crippen molar-refractivity contribution in [3.63, 3.8) is 0 Å². The Bertz CT molecular complexity index is 662. The smallest absolute Gasteiger partial charge is 0.282 e. The van der Waals surface area contributed by atoms with Gasteiger partial charge in [0.25, 0.3) is 12.9 Å². The van der Waals surface area contributed by atoms with Crippen LogP contribution in [0.2, 0.25) is 0 Å². The molecule has 4 aliphatic rings. The van der Waals surface area contributed by atoms with Crippen LogP contribution in [0.25, 0.3) is 0 Å². The molecule has 4 fully saturated rings. The number of carbonyl (C=O) groups excluding carboxylic acids is 1. The van der Waals surface area contributed by atoms with E-state index in [0.29, 0.717) is 17.9 Å². The molecule has 26 heavy (non-hydrogen) atoms. The Morgan fingerprint density at radius 1 is 1.08 bits per heavy atom. The van der Waals surface area contributed by atoms with Crippen LogP contribution in [0.3, 0.4) is 0 Å². The van der Waals surface area contributed by atoms with E-state index >= 15 is 0 Å². The van der Waals surface area contributed by atoms with Crippen LogP contribution in [0.4, 0.5) is 17.6 Å². The summed E-state index contributed by atoms with van der Waals surface area (Å²) in [5.74, 6) is 1.99. The summed E-state index contributed by atoms with van der Waals surface area (Å²) in [6.45, 7) is 1.43.